The second-order valence-electron chi connectivity index (χ2n) is 3.86. The molecule has 0 saturated heterocycles. The number of aromatic nitrogens is 1. The van der Waals surface area contributed by atoms with Gasteiger partial charge in [0, 0.05) is 6.42 Å². The molecule has 2 rings (SSSR count). The highest BCUT2D eigenvalue weighted by atomic mass is 16.5. The lowest BCUT2D eigenvalue weighted by Gasteiger charge is -1.97. The van der Waals surface area contributed by atoms with Crippen molar-refractivity contribution in [1.29, 1.82) is 0 Å². The third-order valence-corrected chi connectivity index (χ3v) is 2.55. The highest BCUT2D eigenvalue weighted by Crippen LogP contribution is 2.18. The number of esters is 1. The number of carbonyl (C=O) groups excluding carboxylic acids is 1. The van der Waals surface area contributed by atoms with Gasteiger partial charge in [0.2, 0.25) is 0 Å². The van der Waals surface area contributed by atoms with Gasteiger partial charge in [0.25, 0.3) is 0 Å². The SMILES string of the molecule is C=Cc1oc(Cc2ccc(O)cc2)nc1C(=O)OC. The number of phenolic OH excluding ortho intramolecular Hbond substituents is 1. The first-order chi connectivity index (χ1) is 9.13. The summed E-state index contributed by atoms with van der Waals surface area (Å²) in [5, 5.41) is 9.20. The molecular formula is C14H13NO4. The van der Waals surface area contributed by atoms with E-state index < -0.39 is 5.97 Å². The highest BCUT2D eigenvalue weighted by Gasteiger charge is 2.18. The number of ether oxygens (including phenoxy) is 1. The van der Waals surface area contributed by atoms with E-state index in [0.717, 1.165) is 5.56 Å². The fourth-order valence-electron chi connectivity index (χ4n) is 1.62. The Labute approximate surface area is 110 Å². The van der Waals surface area contributed by atoms with E-state index in [2.05, 4.69) is 16.3 Å². The van der Waals surface area contributed by atoms with E-state index in [9.17, 15) is 9.90 Å². The number of oxazole rings is 1. The van der Waals surface area contributed by atoms with Crippen molar-refractivity contribution < 1.29 is 19.1 Å². The van der Waals surface area contributed by atoms with Crippen molar-refractivity contribution in [2.45, 2.75) is 6.42 Å². The molecule has 5 nitrogen and oxygen atoms in total. The molecule has 0 saturated carbocycles. The van der Waals surface area contributed by atoms with Crippen LogP contribution in [0.15, 0.2) is 35.3 Å². The van der Waals surface area contributed by atoms with Gasteiger partial charge in [-0.25, -0.2) is 9.78 Å². The second-order valence-corrected chi connectivity index (χ2v) is 3.86. The molecule has 1 heterocycles. The molecule has 19 heavy (non-hydrogen) atoms. The number of phenols is 1. The van der Waals surface area contributed by atoms with E-state index in [4.69, 9.17) is 4.42 Å². The number of rotatable bonds is 4. The van der Waals surface area contributed by atoms with Crippen LogP contribution in [0.1, 0.15) is 27.7 Å². The topological polar surface area (TPSA) is 72.6 Å². The molecule has 0 amide bonds. The van der Waals surface area contributed by atoms with Crippen molar-refractivity contribution in [1.82, 2.24) is 4.98 Å². The fourth-order valence-corrected chi connectivity index (χ4v) is 1.62. The largest absolute Gasteiger partial charge is 0.508 e. The first-order valence-electron chi connectivity index (χ1n) is 5.62. The molecule has 5 heteroatoms. The monoisotopic (exact) mass is 259 g/mol. The molecule has 0 atom stereocenters. The van der Waals surface area contributed by atoms with E-state index in [1.165, 1.54) is 13.2 Å². The van der Waals surface area contributed by atoms with Crippen LogP contribution < -0.4 is 0 Å². The average molecular weight is 259 g/mol. The molecule has 0 radical (unpaired) electrons. The number of hydrogen-bond donors (Lipinski definition) is 1. The Morgan fingerprint density at radius 2 is 2.16 bits per heavy atom. The van der Waals surface area contributed by atoms with Crippen LogP contribution in [-0.2, 0) is 11.2 Å². The number of aromatic hydroxyl groups is 1. The van der Waals surface area contributed by atoms with Gasteiger partial charge in [0.05, 0.1) is 7.11 Å². The van der Waals surface area contributed by atoms with Gasteiger partial charge in [0.1, 0.15) is 5.75 Å². The summed E-state index contributed by atoms with van der Waals surface area (Å²) in [6.45, 7) is 3.57. The van der Waals surface area contributed by atoms with Crippen LogP contribution in [0, 0.1) is 0 Å². The van der Waals surface area contributed by atoms with E-state index >= 15 is 0 Å². The van der Waals surface area contributed by atoms with Crippen molar-refractivity contribution in [3.8, 4) is 5.75 Å². The zero-order valence-corrected chi connectivity index (χ0v) is 10.4. The van der Waals surface area contributed by atoms with E-state index in [1.807, 2.05) is 0 Å². The van der Waals surface area contributed by atoms with Crippen LogP contribution >= 0.6 is 0 Å². The standard InChI is InChI=1S/C14H13NO4/c1-3-11-13(14(17)18-2)15-12(19-11)8-9-4-6-10(16)7-5-9/h3-7,16H,1,8H2,2H3. The molecule has 0 fully saturated rings. The summed E-state index contributed by atoms with van der Waals surface area (Å²) < 4.78 is 10.0. The molecule has 98 valence electrons. The second kappa shape index (κ2) is 5.39. The Morgan fingerprint density at radius 3 is 2.74 bits per heavy atom. The van der Waals surface area contributed by atoms with Gasteiger partial charge < -0.3 is 14.3 Å². The molecule has 0 aliphatic carbocycles. The van der Waals surface area contributed by atoms with Crippen molar-refractivity contribution in [3.05, 3.63) is 53.8 Å². The fraction of sp³-hybridized carbons (Fsp3) is 0.143. The van der Waals surface area contributed by atoms with E-state index in [1.54, 1.807) is 24.3 Å². The van der Waals surface area contributed by atoms with Gasteiger partial charge in [-0.2, -0.15) is 0 Å². The molecule has 0 aliphatic rings. The zero-order chi connectivity index (χ0) is 13.8. The van der Waals surface area contributed by atoms with Crippen LogP contribution in [0.25, 0.3) is 6.08 Å². The van der Waals surface area contributed by atoms with Crippen molar-refractivity contribution >= 4 is 12.0 Å². The normalized spacial score (nSPS) is 10.2. The Hall–Kier alpha value is -2.56. The number of nitrogens with zero attached hydrogens (tertiary/aromatic N) is 1. The lowest BCUT2D eigenvalue weighted by Crippen LogP contribution is -2.03. The summed E-state index contributed by atoms with van der Waals surface area (Å²) in [6, 6.07) is 6.66. The predicted molar refractivity (Wildman–Crippen MR) is 68.8 cm³/mol. The maximum absolute atomic E-state index is 11.5. The Kier molecular flexibility index (Phi) is 3.66. The summed E-state index contributed by atoms with van der Waals surface area (Å²) in [7, 11) is 1.28. The molecule has 0 spiro atoms. The first-order valence-corrected chi connectivity index (χ1v) is 5.62. The molecule has 0 aliphatic heterocycles. The quantitative estimate of drug-likeness (QED) is 0.853. The maximum atomic E-state index is 11.5. The number of carbonyl (C=O) groups is 1. The minimum absolute atomic E-state index is 0.117. The van der Waals surface area contributed by atoms with Crippen LogP contribution in [0.5, 0.6) is 5.75 Å². The van der Waals surface area contributed by atoms with Gasteiger partial charge in [-0.05, 0) is 23.8 Å². The third kappa shape index (κ3) is 2.82. The van der Waals surface area contributed by atoms with Crippen molar-refractivity contribution in [2.75, 3.05) is 7.11 Å². The maximum Gasteiger partial charge on any atom is 0.360 e. The average Bonchev–Trinajstić information content (AvgIpc) is 2.83. The van der Waals surface area contributed by atoms with Crippen LogP contribution in [-0.4, -0.2) is 23.2 Å². The lowest BCUT2D eigenvalue weighted by molar-refractivity contribution is 0.0593. The molecule has 1 aromatic carbocycles. The summed E-state index contributed by atoms with van der Waals surface area (Å²) in [5.74, 6) is 0.315. The number of hydrogen-bond acceptors (Lipinski definition) is 5. The highest BCUT2D eigenvalue weighted by molar-refractivity contribution is 5.90. The molecule has 1 N–H and O–H groups in total. The third-order valence-electron chi connectivity index (χ3n) is 2.55. The molecule has 1 aromatic heterocycles. The Balaban J connectivity index is 2.26. The van der Waals surface area contributed by atoms with Gasteiger partial charge in [-0.15, -0.1) is 0 Å². The molecule has 2 aromatic rings. The predicted octanol–water partition coefficient (Wildman–Crippen LogP) is 2.40. The summed E-state index contributed by atoms with van der Waals surface area (Å²) in [5.41, 5.74) is 1.03. The summed E-state index contributed by atoms with van der Waals surface area (Å²) in [6.07, 6.45) is 1.83. The number of benzene rings is 1. The van der Waals surface area contributed by atoms with Crippen molar-refractivity contribution in [2.24, 2.45) is 0 Å². The molecule has 0 bridgehead atoms. The minimum atomic E-state index is -0.560. The van der Waals surface area contributed by atoms with Gasteiger partial charge in [0.15, 0.2) is 17.3 Å². The summed E-state index contributed by atoms with van der Waals surface area (Å²) in [4.78, 5) is 15.6. The van der Waals surface area contributed by atoms with Gasteiger partial charge >= 0.3 is 5.97 Å². The van der Waals surface area contributed by atoms with Gasteiger partial charge in [-0.1, -0.05) is 18.7 Å². The molecule has 0 unspecified atom stereocenters. The number of methoxy groups -OCH3 is 1. The first kappa shape index (κ1) is 12.9. The van der Waals surface area contributed by atoms with Gasteiger partial charge in [-0.3, -0.25) is 0 Å². The van der Waals surface area contributed by atoms with E-state index in [0.29, 0.717) is 18.1 Å². The molecular weight excluding hydrogens is 246 g/mol. The zero-order valence-electron chi connectivity index (χ0n) is 10.4. The Bertz CT molecular complexity index is 598. The smallest absolute Gasteiger partial charge is 0.360 e. The van der Waals surface area contributed by atoms with Crippen LogP contribution in [0.4, 0.5) is 0 Å². The van der Waals surface area contributed by atoms with E-state index in [-0.39, 0.29) is 11.4 Å². The summed E-state index contributed by atoms with van der Waals surface area (Å²) >= 11 is 0. The van der Waals surface area contributed by atoms with Crippen LogP contribution in [0.3, 0.4) is 0 Å². The minimum Gasteiger partial charge on any atom is -0.508 e. The lowest BCUT2D eigenvalue weighted by atomic mass is 10.1. The Morgan fingerprint density at radius 1 is 1.47 bits per heavy atom. The van der Waals surface area contributed by atoms with Crippen LogP contribution in [0.2, 0.25) is 0 Å². The van der Waals surface area contributed by atoms with Crippen molar-refractivity contribution in [3.63, 3.8) is 0 Å².